The molecular formula is C18H17BrN4O4S. The molecule has 0 aliphatic carbocycles. The first kappa shape index (κ1) is 21.5. The number of nitro groups is 1. The highest BCUT2D eigenvalue weighted by atomic mass is 79.9. The second-order valence-corrected chi connectivity index (χ2v) is 6.28. The summed E-state index contributed by atoms with van der Waals surface area (Å²) in [5.74, 6) is 0.216. The number of esters is 1. The molecule has 146 valence electrons. The first-order chi connectivity index (χ1) is 13.1. The number of aromatic nitrogens is 2. The first-order valence-electron chi connectivity index (χ1n) is 8.15. The molecule has 0 N–H and O–H groups in total. The van der Waals surface area contributed by atoms with Crippen LogP contribution in [0.15, 0.2) is 59.6 Å². The molecule has 0 radical (unpaired) electrons. The van der Waals surface area contributed by atoms with Gasteiger partial charge < -0.3 is 4.74 Å². The van der Waals surface area contributed by atoms with Crippen molar-refractivity contribution in [2.75, 3.05) is 13.2 Å². The topological polar surface area (TPSA) is 99.6 Å². The smallest absolute Gasteiger partial charge is 0.327 e. The van der Waals surface area contributed by atoms with Crippen LogP contribution in [0.25, 0.3) is 17.1 Å². The van der Waals surface area contributed by atoms with E-state index in [0.29, 0.717) is 17.2 Å². The van der Waals surface area contributed by atoms with Crippen LogP contribution in [0.5, 0.6) is 0 Å². The molecule has 0 aliphatic rings. The van der Waals surface area contributed by atoms with Crippen LogP contribution in [-0.4, -0.2) is 33.0 Å². The van der Waals surface area contributed by atoms with Crippen molar-refractivity contribution in [3.63, 3.8) is 0 Å². The number of rotatable bonds is 6. The molecule has 10 heteroatoms. The number of hydrogen-bond acceptors (Lipinski definition) is 7. The average molecular weight is 465 g/mol. The third-order valence-electron chi connectivity index (χ3n) is 3.54. The Morgan fingerprint density at radius 3 is 2.50 bits per heavy atom. The fourth-order valence-electron chi connectivity index (χ4n) is 2.34. The fourth-order valence-corrected chi connectivity index (χ4v) is 3.21. The number of non-ortho nitro benzene ring substituents is 1. The minimum Gasteiger partial charge on any atom is -0.465 e. The van der Waals surface area contributed by atoms with Crippen LogP contribution in [0.3, 0.4) is 0 Å². The van der Waals surface area contributed by atoms with Gasteiger partial charge in [-0.25, -0.2) is 8.95 Å². The SMILES string of the molecule is Br.CCOC(=O)C/N=c1\nc(-c2ccccc2)n(-c2ccc([N+](=O)[O-])cc2)s1. The highest BCUT2D eigenvalue weighted by Gasteiger charge is 2.13. The third-order valence-corrected chi connectivity index (χ3v) is 4.49. The zero-order chi connectivity index (χ0) is 19.2. The molecule has 0 spiro atoms. The maximum atomic E-state index is 11.5. The fraction of sp³-hybridized carbons (Fsp3) is 0.167. The Balaban J connectivity index is 0.00000280. The van der Waals surface area contributed by atoms with Crippen molar-refractivity contribution in [2.24, 2.45) is 4.99 Å². The number of carbonyl (C=O) groups excluding carboxylic acids is 1. The predicted molar refractivity (Wildman–Crippen MR) is 111 cm³/mol. The van der Waals surface area contributed by atoms with Gasteiger partial charge in [-0.05, 0) is 30.6 Å². The number of benzene rings is 2. The van der Waals surface area contributed by atoms with Crippen molar-refractivity contribution in [1.82, 2.24) is 8.94 Å². The first-order valence-corrected chi connectivity index (χ1v) is 8.92. The van der Waals surface area contributed by atoms with E-state index in [4.69, 9.17) is 4.74 Å². The van der Waals surface area contributed by atoms with E-state index < -0.39 is 10.9 Å². The maximum absolute atomic E-state index is 11.5. The molecule has 0 atom stereocenters. The summed E-state index contributed by atoms with van der Waals surface area (Å²) < 4.78 is 6.70. The molecule has 0 bridgehead atoms. The van der Waals surface area contributed by atoms with Crippen molar-refractivity contribution in [2.45, 2.75) is 6.92 Å². The van der Waals surface area contributed by atoms with E-state index in [2.05, 4.69) is 9.98 Å². The lowest BCUT2D eigenvalue weighted by Gasteiger charge is -2.06. The van der Waals surface area contributed by atoms with E-state index in [9.17, 15) is 14.9 Å². The van der Waals surface area contributed by atoms with E-state index in [1.807, 2.05) is 34.3 Å². The lowest BCUT2D eigenvalue weighted by molar-refractivity contribution is -0.384. The highest BCUT2D eigenvalue weighted by molar-refractivity contribution is 8.93. The Hall–Kier alpha value is -2.85. The number of nitro benzene ring substituents is 1. The van der Waals surface area contributed by atoms with Gasteiger partial charge in [0.05, 0.1) is 17.2 Å². The number of halogens is 1. The van der Waals surface area contributed by atoms with E-state index in [0.717, 1.165) is 11.3 Å². The van der Waals surface area contributed by atoms with Gasteiger partial charge in [-0.3, -0.25) is 14.9 Å². The van der Waals surface area contributed by atoms with Gasteiger partial charge in [-0.1, -0.05) is 30.3 Å². The van der Waals surface area contributed by atoms with Gasteiger partial charge in [-0.15, -0.1) is 17.0 Å². The summed E-state index contributed by atoms with van der Waals surface area (Å²) in [4.78, 5) is 31.1. The van der Waals surface area contributed by atoms with E-state index in [-0.39, 0.29) is 29.2 Å². The zero-order valence-corrected chi connectivity index (χ0v) is 17.4. The van der Waals surface area contributed by atoms with Crippen LogP contribution >= 0.6 is 28.5 Å². The molecule has 0 saturated carbocycles. The number of ether oxygens (including phenoxy) is 1. The molecular weight excluding hydrogens is 448 g/mol. The molecule has 0 aliphatic heterocycles. The lowest BCUT2D eigenvalue weighted by atomic mass is 10.2. The third kappa shape index (κ3) is 5.11. The average Bonchev–Trinajstić information content (AvgIpc) is 3.12. The quantitative estimate of drug-likeness (QED) is 0.315. The minimum absolute atomic E-state index is 0. The molecule has 8 nitrogen and oxygen atoms in total. The van der Waals surface area contributed by atoms with Gasteiger partial charge in [0.25, 0.3) is 5.69 Å². The molecule has 0 fully saturated rings. The Kier molecular flexibility index (Phi) is 7.59. The highest BCUT2D eigenvalue weighted by Crippen LogP contribution is 2.23. The Morgan fingerprint density at radius 1 is 1.21 bits per heavy atom. The van der Waals surface area contributed by atoms with Crippen LogP contribution in [0.2, 0.25) is 0 Å². The van der Waals surface area contributed by atoms with Gasteiger partial charge in [0, 0.05) is 17.7 Å². The molecule has 0 unspecified atom stereocenters. The summed E-state index contributed by atoms with van der Waals surface area (Å²) >= 11 is 1.24. The van der Waals surface area contributed by atoms with E-state index in [1.54, 1.807) is 19.1 Å². The lowest BCUT2D eigenvalue weighted by Crippen LogP contribution is -2.11. The van der Waals surface area contributed by atoms with Crippen LogP contribution < -0.4 is 4.80 Å². The minimum atomic E-state index is -0.445. The summed E-state index contributed by atoms with van der Waals surface area (Å²) in [7, 11) is 0. The van der Waals surface area contributed by atoms with Crippen LogP contribution in [0.1, 0.15) is 6.92 Å². The Morgan fingerprint density at radius 2 is 1.89 bits per heavy atom. The van der Waals surface area contributed by atoms with Crippen molar-refractivity contribution >= 4 is 40.2 Å². The summed E-state index contributed by atoms with van der Waals surface area (Å²) in [6, 6.07) is 15.7. The van der Waals surface area contributed by atoms with Gasteiger partial charge in [-0.2, -0.15) is 4.98 Å². The molecule has 1 aromatic heterocycles. The number of nitrogens with zero attached hydrogens (tertiary/aromatic N) is 4. The Labute approximate surface area is 175 Å². The van der Waals surface area contributed by atoms with Gasteiger partial charge in [0.1, 0.15) is 6.54 Å². The van der Waals surface area contributed by atoms with E-state index >= 15 is 0 Å². The second kappa shape index (κ2) is 9.90. The summed E-state index contributed by atoms with van der Waals surface area (Å²) in [5.41, 5.74) is 1.59. The molecule has 3 rings (SSSR count). The van der Waals surface area contributed by atoms with E-state index in [1.165, 1.54) is 23.7 Å². The molecule has 1 heterocycles. The molecule has 3 aromatic rings. The van der Waals surface area contributed by atoms with Crippen LogP contribution in [0.4, 0.5) is 5.69 Å². The second-order valence-electron chi connectivity index (χ2n) is 5.36. The molecule has 2 aromatic carbocycles. The van der Waals surface area contributed by atoms with Gasteiger partial charge in [0.15, 0.2) is 5.82 Å². The molecule has 28 heavy (non-hydrogen) atoms. The normalized spacial score (nSPS) is 11.0. The number of carbonyl (C=O) groups is 1. The standard InChI is InChI=1S/C18H16N4O4S.BrH/c1-2-26-16(23)12-19-18-20-17(13-6-4-3-5-7-13)21(27-18)14-8-10-15(11-9-14)22(24)25;/h3-11H,2,12H2,1H3;1H/b19-18+;. The maximum Gasteiger partial charge on any atom is 0.327 e. The monoisotopic (exact) mass is 464 g/mol. The molecule has 0 saturated heterocycles. The van der Waals surface area contributed by atoms with Crippen molar-refractivity contribution in [1.29, 1.82) is 0 Å². The van der Waals surface area contributed by atoms with Crippen LogP contribution in [0, 0.1) is 10.1 Å². The van der Waals surface area contributed by atoms with Gasteiger partial charge in [0.2, 0.25) is 4.80 Å². The Bertz CT molecular complexity index is 1020. The predicted octanol–water partition coefficient (Wildman–Crippen LogP) is 3.55. The largest absolute Gasteiger partial charge is 0.465 e. The zero-order valence-electron chi connectivity index (χ0n) is 14.8. The summed E-state index contributed by atoms with van der Waals surface area (Å²) in [5, 5.41) is 10.9. The summed E-state index contributed by atoms with van der Waals surface area (Å²) in [6.07, 6.45) is 0. The van der Waals surface area contributed by atoms with Crippen molar-refractivity contribution in [3.8, 4) is 17.1 Å². The van der Waals surface area contributed by atoms with Crippen molar-refractivity contribution < 1.29 is 14.5 Å². The summed E-state index contributed by atoms with van der Waals surface area (Å²) in [6.45, 7) is 1.91. The van der Waals surface area contributed by atoms with Crippen LogP contribution in [-0.2, 0) is 9.53 Å². The van der Waals surface area contributed by atoms with Crippen molar-refractivity contribution in [3.05, 3.63) is 69.5 Å². The van der Waals surface area contributed by atoms with Gasteiger partial charge >= 0.3 is 5.97 Å². The number of hydrogen-bond donors (Lipinski definition) is 0. The molecule has 0 amide bonds.